The average Bonchev–Trinajstić information content (AvgIpc) is 3.13. The van der Waals surface area contributed by atoms with Crippen molar-refractivity contribution in [1.29, 1.82) is 0 Å². The third-order valence-corrected chi connectivity index (χ3v) is 5.32. The number of carbonyl (C=O) groups excluding carboxylic acids is 2. The number of nitrogens with zero attached hydrogens (tertiary/aromatic N) is 4. The summed E-state index contributed by atoms with van der Waals surface area (Å²) in [6.45, 7) is 3.70. The van der Waals surface area contributed by atoms with Gasteiger partial charge >= 0.3 is 6.18 Å². The summed E-state index contributed by atoms with van der Waals surface area (Å²) in [5.41, 5.74) is 0.601. The van der Waals surface area contributed by atoms with Crippen LogP contribution < -0.4 is 5.32 Å². The molecule has 10 heteroatoms. The van der Waals surface area contributed by atoms with Gasteiger partial charge in [-0.05, 0) is 18.6 Å². The van der Waals surface area contributed by atoms with Crippen molar-refractivity contribution in [2.75, 3.05) is 19.6 Å². The Labute approximate surface area is 178 Å². The van der Waals surface area contributed by atoms with Gasteiger partial charge in [-0.2, -0.15) is 18.3 Å². The standard InChI is InChI=1S/C21H26F3N5O2/c1-3-28(14-16-11-26-27(2)12-16)19(30)10-18-20(31)25-7-8-29(18)13-15-5-4-6-17(9-15)21(22,23)24/h4-6,9,11-12,18H,3,7-8,10,13-14H2,1-2H3,(H,25,31)/t18-/m1/s1. The lowest BCUT2D eigenvalue weighted by Crippen LogP contribution is -2.56. The number of alkyl halides is 3. The maximum absolute atomic E-state index is 13.0. The Hall–Kier alpha value is -2.88. The van der Waals surface area contributed by atoms with Gasteiger partial charge in [0.25, 0.3) is 0 Å². The largest absolute Gasteiger partial charge is 0.416 e. The van der Waals surface area contributed by atoms with Gasteiger partial charge in [-0.15, -0.1) is 0 Å². The van der Waals surface area contributed by atoms with E-state index in [0.29, 0.717) is 31.7 Å². The van der Waals surface area contributed by atoms with Crippen LogP contribution in [0.5, 0.6) is 0 Å². The first-order valence-electron chi connectivity index (χ1n) is 10.1. The zero-order valence-electron chi connectivity index (χ0n) is 17.5. The highest BCUT2D eigenvalue weighted by molar-refractivity contribution is 5.88. The molecule has 0 spiro atoms. The molecule has 0 aliphatic carbocycles. The molecule has 3 rings (SSSR count). The molecule has 31 heavy (non-hydrogen) atoms. The van der Waals surface area contributed by atoms with Crippen LogP contribution >= 0.6 is 0 Å². The van der Waals surface area contributed by atoms with Gasteiger partial charge in [0.1, 0.15) is 0 Å². The number of benzene rings is 1. The first-order valence-corrected chi connectivity index (χ1v) is 10.1. The second-order valence-electron chi connectivity index (χ2n) is 7.61. The van der Waals surface area contributed by atoms with E-state index in [9.17, 15) is 22.8 Å². The van der Waals surface area contributed by atoms with Crippen LogP contribution in [0.2, 0.25) is 0 Å². The van der Waals surface area contributed by atoms with E-state index in [1.165, 1.54) is 6.07 Å². The Bertz CT molecular complexity index is 928. The number of amides is 2. The fourth-order valence-electron chi connectivity index (χ4n) is 3.70. The fraction of sp³-hybridized carbons (Fsp3) is 0.476. The molecule has 0 bridgehead atoms. The zero-order valence-corrected chi connectivity index (χ0v) is 17.5. The zero-order chi connectivity index (χ0) is 22.6. The quantitative estimate of drug-likeness (QED) is 0.721. The summed E-state index contributed by atoms with van der Waals surface area (Å²) in [5, 5.41) is 6.85. The van der Waals surface area contributed by atoms with Crippen LogP contribution in [0.25, 0.3) is 0 Å². The average molecular weight is 437 g/mol. The minimum absolute atomic E-state index is 0.0428. The number of halogens is 3. The van der Waals surface area contributed by atoms with Crippen LogP contribution in [0.3, 0.4) is 0 Å². The van der Waals surface area contributed by atoms with E-state index in [4.69, 9.17) is 0 Å². The second-order valence-corrected chi connectivity index (χ2v) is 7.61. The predicted molar refractivity (Wildman–Crippen MR) is 108 cm³/mol. The van der Waals surface area contributed by atoms with Gasteiger partial charge in [-0.25, -0.2) is 0 Å². The third kappa shape index (κ3) is 5.84. The summed E-state index contributed by atoms with van der Waals surface area (Å²) in [5.74, 6) is -0.480. The van der Waals surface area contributed by atoms with Crippen LogP contribution in [0, 0.1) is 0 Å². The second kappa shape index (κ2) is 9.51. The molecule has 1 aromatic carbocycles. The molecular formula is C21H26F3N5O2. The molecule has 1 atom stereocenters. The Morgan fingerprint density at radius 3 is 2.74 bits per heavy atom. The molecule has 2 amide bonds. The highest BCUT2D eigenvalue weighted by Crippen LogP contribution is 2.30. The van der Waals surface area contributed by atoms with Gasteiger partial charge in [-0.3, -0.25) is 19.2 Å². The summed E-state index contributed by atoms with van der Waals surface area (Å²) in [4.78, 5) is 28.8. The van der Waals surface area contributed by atoms with E-state index in [-0.39, 0.29) is 24.8 Å². The van der Waals surface area contributed by atoms with Crippen molar-refractivity contribution in [3.8, 4) is 0 Å². The summed E-state index contributed by atoms with van der Waals surface area (Å²) >= 11 is 0. The van der Waals surface area contributed by atoms with Gasteiger partial charge < -0.3 is 10.2 Å². The molecule has 168 valence electrons. The molecule has 1 saturated heterocycles. The predicted octanol–water partition coefficient (Wildman–Crippen LogP) is 2.18. The number of rotatable bonds is 7. The van der Waals surface area contributed by atoms with Crippen molar-refractivity contribution in [2.24, 2.45) is 7.05 Å². The van der Waals surface area contributed by atoms with Gasteiger partial charge in [0.05, 0.1) is 24.2 Å². The van der Waals surface area contributed by atoms with E-state index in [1.54, 1.807) is 33.8 Å². The maximum Gasteiger partial charge on any atom is 0.416 e. The van der Waals surface area contributed by atoms with E-state index < -0.39 is 17.8 Å². The first kappa shape index (κ1) is 22.8. The maximum atomic E-state index is 13.0. The van der Waals surface area contributed by atoms with Crippen molar-refractivity contribution < 1.29 is 22.8 Å². The molecule has 7 nitrogen and oxygen atoms in total. The third-order valence-electron chi connectivity index (χ3n) is 5.32. The summed E-state index contributed by atoms with van der Waals surface area (Å²) in [6.07, 6.45) is -0.968. The molecule has 0 unspecified atom stereocenters. The minimum Gasteiger partial charge on any atom is -0.353 e. The van der Waals surface area contributed by atoms with Crippen molar-refractivity contribution in [3.05, 3.63) is 53.3 Å². The topological polar surface area (TPSA) is 70.5 Å². The van der Waals surface area contributed by atoms with E-state index in [2.05, 4.69) is 10.4 Å². The molecular weight excluding hydrogens is 411 g/mol. The fourth-order valence-corrected chi connectivity index (χ4v) is 3.70. The van der Waals surface area contributed by atoms with Gasteiger partial charge in [0.2, 0.25) is 11.8 Å². The van der Waals surface area contributed by atoms with E-state index in [0.717, 1.165) is 17.7 Å². The number of carbonyl (C=O) groups is 2. The molecule has 1 aliphatic rings. The Morgan fingerprint density at radius 2 is 2.10 bits per heavy atom. The van der Waals surface area contributed by atoms with Crippen LogP contribution in [-0.4, -0.2) is 57.1 Å². The summed E-state index contributed by atoms with van der Waals surface area (Å²) in [6, 6.07) is 4.33. The molecule has 1 fully saturated rings. The molecule has 1 aromatic heterocycles. The number of hydrogen-bond acceptors (Lipinski definition) is 4. The monoisotopic (exact) mass is 437 g/mol. The minimum atomic E-state index is -4.43. The van der Waals surface area contributed by atoms with E-state index >= 15 is 0 Å². The number of aromatic nitrogens is 2. The van der Waals surface area contributed by atoms with Crippen molar-refractivity contribution in [1.82, 2.24) is 24.9 Å². The summed E-state index contributed by atoms with van der Waals surface area (Å²) in [7, 11) is 1.79. The highest BCUT2D eigenvalue weighted by Gasteiger charge is 2.34. The number of hydrogen-bond donors (Lipinski definition) is 1. The van der Waals surface area contributed by atoms with Gasteiger partial charge in [0.15, 0.2) is 0 Å². The van der Waals surface area contributed by atoms with Crippen LogP contribution in [0.15, 0.2) is 36.7 Å². The molecule has 0 saturated carbocycles. The molecule has 0 radical (unpaired) electrons. The number of aryl methyl sites for hydroxylation is 1. The van der Waals surface area contributed by atoms with Crippen molar-refractivity contribution in [3.63, 3.8) is 0 Å². The molecule has 2 aromatic rings. The Kier molecular flexibility index (Phi) is 6.99. The number of piperazine rings is 1. The highest BCUT2D eigenvalue weighted by atomic mass is 19.4. The van der Waals surface area contributed by atoms with Gasteiger partial charge in [-0.1, -0.05) is 18.2 Å². The lowest BCUT2D eigenvalue weighted by molar-refractivity contribution is -0.139. The van der Waals surface area contributed by atoms with Crippen LogP contribution in [0.4, 0.5) is 13.2 Å². The summed E-state index contributed by atoms with van der Waals surface area (Å²) < 4.78 is 40.7. The lowest BCUT2D eigenvalue weighted by Gasteiger charge is -2.35. The Balaban J connectivity index is 1.71. The Morgan fingerprint density at radius 1 is 1.32 bits per heavy atom. The van der Waals surface area contributed by atoms with Crippen molar-refractivity contribution in [2.45, 2.75) is 38.7 Å². The van der Waals surface area contributed by atoms with Crippen LogP contribution in [0.1, 0.15) is 30.0 Å². The smallest absolute Gasteiger partial charge is 0.353 e. The molecule has 2 heterocycles. The molecule has 1 aliphatic heterocycles. The first-order chi connectivity index (χ1) is 14.7. The van der Waals surface area contributed by atoms with Crippen LogP contribution in [-0.2, 0) is 35.9 Å². The molecule has 1 N–H and O–H groups in total. The van der Waals surface area contributed by atoms with E-state index in [1.807, 2.05) is 13.1 Å². The SMILES string of the molecule is CCN(Cc1cnn(C)c1)C(=O)C[C@@H]1C(=O)NCCN1Cc1cccc(C(F)(F)F)c1. The van der Waals surface area contributed by atoms with Crippen molar-refractivity contribution >= 4 is 11.8 Å². The van der Waals surface area contributed by atoms with Gasteiger partial charge in [0, 0.05) is 51.5 Å². The normalized spacial score (nSPS) is 17.5. The number of nitrogens with one attached hydrogen (secondary N) is 1. The lowest BCUT2D eigenvalue weighted by atomic mass is 10.0.